The molecule has 0 radical (unpaired) electrons. The minimum absolute atomic E-state index is 0.504. The van der Waals surface area contributed by atoms with Crippen LogP contribution >= 0.6 is 34.7 Å². The Morgan fingerprint density at radius 2 is 2.29 bits per heavy atom. The maximum atomic E-state index is 10.1. The van der Waals surface area contributed by atoms with E-state index in [2.05, 4.69) is 27.4 Å². The number of thioether (sulfide) groups is 1. The molecule has 0 aliphatic carbocycles. The van der Waals surface area contributed by atoms with E-state index >= 15 is 0 Å². The molecule has 21 heavy (non-hydrogen) atoms. The fourth-order valence-electron chi connectivity index (χ4n) is 2.76. The molecule has 1 N–H and O–H groups in total. The summed E-state index contributed by atoms with van der Waals surface area (Å²) in [5.41, 5.74) is 2.11. The molecule has 108 valence electrons. The average molecular weight is 337 g/mol. The number of aliphatic hydroxyl groups excluding tert-OH is 1. The molecule has 0 saturated carbocycles. The van der Waals surface area contributed by atoms with Gasteiger partial charge in [-0.1, -0.05) is 23.4 Å². The van der Waals surface area contributed by atoms with Crippen LogP contribution in [0.4, 0.5) is 0 Å². The number of benzene rings is 1. The Kier molecular flexibility index (Phi) is 3.26. The van der Waals surface area contributed by atoms with Gasteiger partial charge in [-0.05, 0) is 35.9 Å². The largest absolute Gasteiger partial charge is 0.388 e. The molecule has 6 heteroatoms. The number of amidine groups is 1. The Hall–Kier alpha value is -1.01. The van der Waals surface area contributed by atoms with E-state index in [0.717, 1.165) is 49.5 Å². The summed E-state index contributed by atoms with van der Waals surface area (Å²) < 4.78 is 1.11. The molecule has 2 aromatic rings. The smallest absolute Gasteiger partial charge is 0.168 e. The molecular formula is C15H13ClN2OS2. The normalized spacial score (nSPS) is 19.4. The van der Waals surface area contributed by atoms with Gasteiger partial charge in [0.1, 0.15) is 0 Å². The molecule has 0 bridgehead atoms. The van der Waals surface area contributed by atoms with Crippen molar-refractivity contribution in [1.29, 1.82) is 0 Å². The van der Waals surface area contributed by atoms with Crippen molar-refractivity contribution in [2.75, 3.05) is 13.1 Å². The SMILES string of the molecule is CC(O)C1=C(c2cc(Cl)c3sccc3c2)N2CCN=C2S1. The molecule has 2 aliphatic rings. The van der Waals surface area contributed by atoms with Crippen LogP contribution in [-0.4, -0.2) is 34.4 Å². The molecule has 0 amide bonds. The molecule has 4 rings (SSSR count). The molecule has 0 spiro atoms. The first-order chi connectivity index (χ1) is 10.1. The second-order valence-corrected chi connectivity index (χ2v) is 7.44. The lowest BCUT2D eigenvalue weighted by molar-refractivity contribution is 0.240. The van der Waals surface area contributed by atoms with Gasteiger partial charge in [-0.3, -0.25) is 4.99 Å². The van der Waals surface area contributed by atoms with Gasteiger partial charge >= 0.3 is 0 Å². The third-order valence-electron chi connectivity index (χ3n) is 3.66. The van der Waals surface area contributed by atoms with Crippen LogP contribution in [-0.2, 0) is 0 Å². The van der Waals surface area contributed by atoms with E-state index in [1.54, 1.807) is 30.0 Å². The van der Waals surface area contributed by atoms with Crippen LogP contribution in [0.2, 0.25) is 5.02 Å². The summed E-state index contributed by atoms with van der Waals surface area (Å²) in [5.74, 6) is 0. The Bertz CT molecular complexity index is 794. The highest BCUT2D eigenvalue weighted by atomic mass is 35.5. The molecular weight excluding hydrogens is 324 g/mol. The topological polar surface area (TPSA) is 35.8 Å². The van der Waals surface area contributed by atoms with E-state index < -0.39 is 6.10 Å². The number of aliphatic hydroxyl groups is 1. The van der Waals surface area contributed by atoms with Crippen molar-refractivity contribution in [3.8, 4) is 0 Å². The van der Waals surface area contributed by atoms with Gasteiger partial charge in [0.15, 0.2) is 5.17 Å². The molecule has 3 nitrogen and oxygen atoms in total. The van der Waals surface area contributed by atoms with Crippen molar-refractivity contribution >= 4 is 55.7 Å². The van der Waals surface area contributed by atoms with Gasteiger partial charge in [-0.25, -0.2) is 0 Å². The first-order valence-corrected chi connectivity index (χ1v) is 8.82. The number of hydrogen-bond donors (Lipinski definition) is 1. The summed E-state index contributed by atoms with van der Waals surface area (Å²) in [6.45, 7) is 3.48. The van der Waals surface area contributed by atoms with Crippen molar-refractivity contribution in [3.63, 3.8) is 0 Å². The highest BCUT2D eigenvalue weighted by Gasteiger charge is 2.34. The van der Waals surface area contributed by atoms with Gasteiger partial charge in [0.05, 0.1) is 28.1 Å². The van der Waals surface area contributed by atoms with Crippen molar-refractivity contribution in [1.82, 2.24) is 4.90 Å². The summed E-state index contributed by atoms with van der Waals surface area (Å²) in [7, 11) is 0. The Morgan fingerprint density at radius 1 is 1.43 bits per heavy atom. The maximum absolute atomic E-state index is 10.1. The fraction of sp³-hybridized carbons (Fsp3) is 0.267. The molecule has 1 aromatic heterocycles. The number of aliphatic imine (C=N–C) groups is 1. The maximum Gasteiger partial charge on any atom is 0.168 e. The summed E-state index contributed by atoms with van der Waals surface area (Å²) >= 11 is 9.64. The highest BCUT2D eigenvalue weighted by molar-refractivity contribution is 8.17. The number of thiophene rings is 1. The van der Waals surface area contributed by atoms with Gasteiger partial charge in [0.25, 0.3) is 0 Å². The molecule has 1 atom stereocenters. The standard InChI is InChI=1S/C15H13ClN2OS2/c1-8(19)13-12(18-4-3-17-15(18)21-13)10-6-9-2-5-20-14(9)11(16)7-10/h2,5-8,19H,3-4H2,1H3. The van der Waals surface area contributed by atoms with Crippen molar-refractivity contribution in [2.24, 2.45) is 4.99 Å². The highest BCUT2D eigenvalue weighted by Crippen LogP contribution is 2.44. The zero-order chi connectivity index (χ0) is 14.6. The Balaban J connectivity index is 1.92. The first-order valence-electron chi connectivity index (χ1n) is 6.74. The van der Waals surface area contributed by atoms with E-state index in [0.29, 0.717) is 0 Å². The van der Waals surface area contributed by atoms with Crippen LogP contribution in [0.3, 0.4) is 0 Å². The lowest BCUT2D eigenvalue weighted by Gasteiger charge is -2.18. The summed E-state index contributed by atoms with van der Waals surface area (Å²) in [4.78, 5) is 7.65. The monoisotopic (exact) mass is 336 g/mol. The van der Waals surface area contributed by atoms with E-state index in [1.165, 1.54) is 0 Å². The molecule has 0 saturated heterocycles. The third kappa shape index (κ3) is 2.11. The molecule has 0 fully saturated rings. The zero-order valence-corrected chi connectivity index (χ0v) is 13.7. The minimum atomic E-state index is -0.504. The van der Waals surface area contributed by atoms with Crippen molar-refractivity contribution in [2.45, 2.75) is 13.0 Å². The van der Waals surface area contributed by atoms with Crippen LogP contribution in [0, 0.1) is 0 Å². The zero-order valence-electron chi connectivity index (χ0n) is 11.3. The molecule has 1 unspecified atom stereocenters. The number of rotatable bonds is 2. The lowest BCUT2D eigenvalue weighted by atomic mass is 10.1. The number of nitrogens with zero attached hydrogens (tertiary/aromatic N) is 2. The Labute approximate surface area is 135 Å². The number of hydrogen-bond acceptors (Lipinski definition) is 5. The van der Waals surface area contributed by atoms with Crippen LogP contribution in [0.15, 0.2) is 33.5 Å². The van der Waals surface area contributed by atoms with Gasteiger partial charge in [0, 0.05) is 17.0 Å². The van der Waals surface area contributed by atoms with E-state index in [1.807, 2.05) is 6.07 Å². The fourth-order valence-corrected chi connectivity index (χ4v) is 5.04. The van der Waals surface area contributed by atoms with Gasteiger partial charge in [-0.15, -0.1) is 11.3 Å². The van der Waals surface area contributed by atoms with Crippen molar-refractivity contribution in [3.05, 3.63) is 39.1 Å². The summed E-state index contributed by atoms with van der Waals surface area (Å²) in [5, 5.41) is 15.0. The van der Waals surface area contributed by atoms with E-state index in [4.69, 9.17) is 11.6 Å². The predicted octanol–water partition coefficient (Wildman–Crippen LogP) is 4.02. The van der Waals surface area contributed by atoms with Gasteiger partial charge < -0.3 is 10.0 Å². The van der Waals surface area contributed by atoms with Crippen LogP contribution in [0.5, 0.6) is 0 Å². The number of halogens is 1. The van der Waals surface area contributed by atoms with Gasteiger partial charge in [-0.2, -0.15) is 0 Å². The van der Waals surface area contributed by atoms with E-state index in [-0.39, 0.29) is 0 Å². The molecule has 3 heterocycles. The van der Waals surface area contributed by atoms with Crippen LogP contribution in [0.25, 0.3) is 15.8 Å². The summed E-state index contributed by atoms with van der Waals surface area (Å²) in [6.07, 6.45) is -0.504. The second-order valence-electron chi connectivity index (χ2n) is 5.10. The molecule has 2 aliphatic heterocycles. The average Bonchev–Trinajstić information content (AvgIpc) is 3.12. The van der Waals surface area contributed by atoms with Crippen LogP contribution in [0.1, 0.15) is 12.5 Å². The lowest BCUT2D eigenvalue weighted by Crippen LogP contribution is -2.20. The minimum Gasteiger partial charge on any atom is -0.388 e. The summed E-state index contributed by atoms with van der Waals surface area (Å²) in [6, 6.07) is 6.23. The van der Waals surface area contributed by atoms with Gasteiger partial charge in [0.2, 0.25) is 0 Å². The quantitative estimate of drug-likeness (QED) is 0.899. The Morgan fingerprint density at radius 3 is 3.10 bits per heavy atom. The predicted molar refractivity (Wildman–Crippen MR) is 92.0 cm³/mol. The van der Waals surface area contributed by atoms with E-state index in [9.17, 15) is 5.11 Å². The molecule has 1 aromatic carbocycles. The third-order valence-corrected chi connectivity index (χ3v) is 6.32. The van der Waals surface area contributed by atoms with Crippen molar-refractivity contribution < 1.29 is 5.11 Å². The number of fused-ring (bicyclic) bond motifs is 2. The second kappa shape index (κ2) is 5.02. The first kappa shape index (κ1) is 13.6. The van der Waals surface area contributed by atoms with Crippen LogP contribution < -0.4 is 0 Å².